The normalized spacial score (nSPS) is 31.5. The molecule has 0 spiro atoms. The van der Waals surface area contributed by atoms with E-state index in [1.807, 2.05) is 0 Å². The number of likely N-dealkylation sites (tertiary alicyclic amines) is 2. The van der Waals surface area contributed by atoms with Crippen LogP contribution in [0.1, 0.15) is 46.0 Å². The van der Waals surface area contributed by atoms with Gasteiger partial charge in [-0.3, -0.25) is 19.4 Å². The summed E-state index contributed by atoms with van der Waals surface area (Å²) in [6, 6.07) is -0.474. The van der Waals surface area contributed by atoms with Gasteiger partial charge >= 0.3 is 18.0 Å². The number of nitrogens with zero attached hydrogens (tertiary/aromatic N) is 2. The zero-order valence-corrected chi connectivity index (χ0v) is 18.7. The molecule has 174 valence electrons. The van der Waals surface area contributed by atoms with E-state index in [0.29, 0.717) is 32.7 Å². The molecule has 0 radical (unpaired) electrons. The molecule has 2 saturated heterocycles. The highest BCUT2D eigenvalue weighted by atomic mass is 16.6. The summed E-state index contributed by atoms with van der Waals surface area (Å²) >= 11 is 0. The van der Waals surface area contributed by atoms with Crippen LogP contribution in [0.3, 0.4) is 0 Å². The Balaban J connectivity index is 1.68. The summed E-state index contributed by atoms with van der Waals surface area (Å²) in [5.74, 6) is -0.523. The number of esters is 2. The highest BCUT2D eigenvalue weighted by Gasteiger charge is 2.46. The van der Waals surface area contributed by atoms with Crippen LogP contribution in [-0.4, -0.2) is 85.7 Å². The largest absolute Gasteiger partial charge is 0.466 e. The Hall–Kier alpha value is -2.16. The molecule has 1 amide bonds. The summed E-state index contributed by atoms with van der Waals surface area (Å²) in [4.78, 5) is 52.9. The molecule has 3 aliphatic rings. The van der Waals surface area contributed by atoms with Crippen LogP contribution < -0.4 is 0 Å². The van der Waals surface area contributed by atoms with E-state index in [1.165, 1.54) is 12.0 Å². The lowest BCUT2D eigenvalue weighted by Gasteiger charge is -2.48. The van der Waals surface area contributed by atoms with Crippen molar-refractivity contribution in [3.63, 3.8) is 0 Å². The number of hydrogen-bond donors (Lipinski definition) is 0. The average Bonchev–Trinajstić information content (AvgIpc) is 2.77. The zero-order valence-electron chi connectivity index (χ0n) is 18.7. The van der Waals surface area contributed by atoms with Gasteiger partial charge in [0.2, 0.25) is 0 Å². The van der Waals surface area contributed by atoms with Crippen LogP contribution in [-0.2, 0) is 28.6 Å². The van der Waals surface area contributed by atoms with Crippen molar-refractivity contribution in [2.75, 3.05) is 40.0 Å². The molecule has 2 heterocycles. The first-order chi connectivity index (χ1) is 14.9. The Labute approximate surface area is 183 Å². The van der Waals surface area contributed by atoms with E-state index >= 15 is 0 Å². The van der Waals surface area contributed by atoms with Gasteiger partial charge in [0, 0.05) is 25.6 Å². The van der Waals surface area contributed by atoms with Gasteiger partial charge in [-0.15, -0.1) is 0 Å². The molecule has 1 aliphatic carbocycles. The van der Waals surface area contributed by atoms with Crippen molar-refractivity contribution in [3.05, 3.63) is 0 Å². The Kier molecular flexibility index (Phi) is 7.91. The number of ketones is 1. The minimum absolute atomic E-state index is 0.0661. The number of Topliss-reactive ketones (excluding diaryl/α,β-unsaturated/α-hetero) is 1. The third-order valence-electron chi connectivity index (χ3n) is 6.86. The van der Waals surface area contributed by atoms with E-state index in [9.17, 15) is 19.2 Å². The van der Waals surface area contributed by atoms with Gasteiger partial charge in [-0.1, -0.05) is 0 Å². The topological polar surface area (TPSA) is 102 Å². The van der Waals surface area contributed by atoms with E-state index in [2.05, 4.69) is 4.90 Å². The predicted octanol–water partition coefficient (Wildman–Crippen LogP) is 1.63. The molecule has 0 N–H and O–H groups in total. The van der Waals surface area contributed by atoms with Crippen molar-refractivity contribution in [1.29, 1.82) is 0 Å². The van der Waals surface area contributed by atoms with Gasteiger partial charge in [-0.25, -0.2) is 9.59 Å². The highest BCUT2D eigenvalue weighted by Crippen LogP contribution is 2.41. The number of rotatable bonds is 5. The van der Waals surface area contributed by atoms with E-state index < -0.39 is 24.0 Å². The second kappa shape index (κ2) is 10.4. The fraction of sp³-hybridized carbons (Fsp3) is 0.818. The molecule has 3 fully saturated rings. The summed E-state index contributed by atoms with van der Waals surface area (Å²) in [6.07, 6.45) is 2.89. The van der Waals surface area contributed by atoms with Crippen LogP contribution in [0.2, 0.25) is 0 Å². The second-order valence-electron chi connectivity index (χ2n) is 8.73. The maximum absolute atomic E-state index is 12.5. The number of carbonyl (C=O) groups is 4. The molecule has 2 aliphatic heterocycles. The minimum atomic E-state index is -0.650. The quantitative estimate of drug-likeness (QED) is 0.471. The first-order valence-corrected chi connectivity index (χ1v) is 11.3. The van der Waals surface area contributed by atoms with Gasteiger partial charge in [0.15, 0.2) is 0 Å². The molecule has 9 heteroatoms. The molecule has 0 aromatic heterocycles. The van der Waals surface area contributed by atoms with Crippen molar-refractivity contribution in [2.45, 2.75) is 58.0 Å². The summed E-state index contributed by atoms with van der Waals surface area (Å²) in [5.41, 5.74) is 0. The fourth-order valence-electron chi connectivity index (χ4n) is 5.41. The van der Waals surface area contributed by atoms with Gasteiger partial charge in [0.1, 0.15) is 11.8 Å². The van der Waals surface area contributed by atoms with Crippen LogP contribution in [0.25, 0.3) is 0 Å². The third-order valence-corrected chi connectivity index (χ3v) is 6.86. The Morgan fingerprint density at radius 1 is 0.968 bits per heavy atom. The first-order valence-electron chi connectivity index (χ1n) is 11.3. The molecular formula is C22H34N2O7. The lowest BCUT2D eigenvalue weighted by atomic mass is 9.70. The van der Waals surface area contributed by atoms with Crippen LogP contribution in [0.4, 0.5) is 4.79 Å². The standard InChI is InChI=1S/C22H34N2O7/c1-4-30-20(26)16-9-18(25)13-23(11-16)17-7-6-14-12-24(22(28)29-3)19(10-15(14)8-17)21(27)31-5-2/h14-17,19H,4-13H2,1-3H3/t14-,15?,16-,17-,19?/m0/s1. The molecule has 2 unspecified atom stereocenters. The molecule has 1 saturated carbocycles. The average molecular weight is 439 g/mol. The summed E-state index contributed by atoms with van der Waals surface area (Å²) in [6.45, 7) is 5.43. The lowest BCUT2D eigenvalue weighted by Crippen LogP contribution is -2.57. The summed E-state index contributed by atoms with van der Waals surface area (Å²) < 4.78 is 15.3. The van der Waals surface area contributed by atoms with Crippen molar-refractivity contribution in [1.82, 2.24) is 9.80 Å². The molecule has 0 aromatic carbocycles. The monoisotopic (exact) mass is 438 g/mol. The maximum atomic E-state index is 12.5. The van der Waals surface area contributed by atoms with Crippen molar-refractivity contribution < 1.29 is 33.4 Å². The van der Waals surface area contributed by atoms with Gasteiger partial charge in [-0.05, 0) is 51.4 Å². The molecule has 31 heavy (non-hydrogen) atoms. The van der Waals surface area contributed by atoms with Gasteiger partial charge in [0.05, 0.1) is 32.8 Å². The summed E-state index contributed by atoms with van der Waals surface area (Å²) in [5, 5.41) is 0. The number of carbonyl (C=O) groups excluding carboxylic acids is 4. The fourth-order valence-corrected chi connectivity index (χ4v) is 5.41. The number of methoxy groups -OCH3 is 1. The molecule has 9 nitrogen and oxygen atoms in total. The Morgan fingerprint density at radius 2 is 1.68 bits per heavy atom. The van der Waals surface area contributed by atoms with Crippen LogP contribution in [0.15, 0.2) is 0 Å². The second-order valence-corrected chi connectivity index (χ2v) is 8.73. The number of ether oxygens (including phenoxy) is 3. The minimum Gasteiger partial charge on any atom is -0.466 e. The molecular weight excluding hydrogens is 404 g/mol. The lowest BCUT2D eigenvalue weighted by molar-refractivity contribution is -0.154. The molecule has 3 rings (SSSR count). The number of piperidine rings is 2. The number of fused-ring (bicyclic) bond motifs is 1. The SMILES string of the molecule is CCOC(=O)C1CC2C[C@@H](N3CC(=O)C[C@H](C(=O)OCC)C3)CC[C@H]2CN1C(=O)OC. The third kappa shape index (κ3) is 5.37. The van der Waals surface area contributed by atoms with E-state index in [1.54, 1.807) is 13.8 Å². The number of hydrogen-bond acceptors (Lipinski definition) is 8. The zero-order chi connectivity index (χ0) is 22.5. The molecule has 5 atom stereocenters. The van der Waals surface area contributed by atoms with Crippen LogP contribution in [0.5, 0.6) is 0 Å². The van der Waals surface area contributed by atoms with Gasteiger partial charge < -0.3 is 14.2 Å². The van der Waals surface area contributed by atoms with Gasteiger partial charge in [-0.2, -0.15) is 0 Å². The van der Waals surface area contributed by atoms with E-state index in [0.717, 1.165) is 19.3 Å². The first kappa shape index (κ1) is 23.5. The van der Waals surface area contributed by atoms with Gasteiger partial charge in [0.25, 0.3) is 0 Å². The molecule has 0 bridgehead atoms. The van der Waals surface area contributed by atoms with Crippen molar-refractivity contribution >= 4 is 23.8 Å². The number of amides is 1. The maximum Gasteiger partial charge on any atom is 0.410 e. The van der Waals surface area contributed by atoms with E-state index in [-0.39, 0.29) is 42.7 Å². The van der Waals surface area contributed by atoms with Crippen molar-refractivity contribution in [3.8, 4) is 0 Å². The highest BCUT2D eigenvalue weighted by molar-refractivity contribution is 5.87. The Morgan fingerprint density at radius 3 is 2.35 bits per heavy atom. The predicted molar refractivity (Wildman–Crippen MR) is 110 cm³/mol. The van der Waals surface area contributed by atoms with Crippen LogP contribution >= 0.6 is 0 Å². The molecule has 0 aromatic rings. The summed E-state index contributed by atoms with van der Waals surface area (Å²) in [7, 11) is 1.32. The van der Waals surface area contributed by atoms with Crippen LogP contribution in [0, 0.1) is 17.8 Å². The Bertz CT molecular complexity index is 697. The smallest absolute Gasteiger partial charge is 0.410 e. The van der Waals surface area contributed by atoms with Crippen molar-refractivity contribution in [2.24, 2.45) is 17.8 Å². The van der Waals surface area contributed by atoms with E-state index in [4.69, 9.17) is 14.2 Å².